The summed E-state index contributed by atoms with van der Waals surface area (Å²) < 4.78 is 0. The summed E-state index contributed by atoms with van der Waals surface area (Å²) in [5, 5.41) is 0. The summed E-state index contributed by atoms with van der Waals surface area (Å²) in [6, 6.07) is 7.66. The number of likely N-dealkylation sites (tertiary alicyclic amines) is 1. The van der Waals surface area contributed by atoms with E-state index >= 15 is 0 Å². The Hall–Kier alpha value is -2.96. The van der Waals surface area contributed by atoms with Crippen molar-refractivity contribution < 1.29 is 9.59 Å². The van der Waals surface area contributed by atoms with Crippen LogP contribution < -0.4 is 4.90 Å². The Morgan fingerprint density at radius 1 is 1.07 bits per heavy atom. The van der Waals surface area contributed by atoms with Gasteiger partial charge in [0.1, 0.15) is 5.82 Å². The lowest BCUT2D eigenvalue weighted by Crippen LogP contribution is -2.49. The van der Waals surface area contributed by atoms with Gasteiger partial charge in [-0.15, -0.1) is 0 Å². The molecule has 0 spiro atoms. The molecule has 0 radical (unpaired) electrons. The molecule has 2 aliphatic heterocycles. The van der Waals surface area contributed by atoms with Crippen LogP contribution in [0.15, 0.2) is 42.9 Å². The van der Waals surface area contributed by atoms with Crippen molar-refractivity contribution in [1.29, 1.82) is 0 Å². The highest BCUT2D eigenvalue weighted by Gasteiger charge is 2.24. The molecule has 0 atom stereocenters. The SMILES string of the molecule is O=C1CCCN1Cc1cccc(C(=O)N2CCN(c3cnccn3)CC2)c1. The van der Waals surface area contributed by atoms with E-state index in [1.54, 1.807) is 18.6 Å². The largest absolute Gasteiger partial charge is 0.352 e. The van der Waals surface area contributed by atoms with Gasteiger partial charge in [-0.25, -0.2) is 4.98 Å². The number of nitrogens with zero attached hydrogens (tertiary/aromatic N) is 5. The molecule has 2 saturated heterocycles. The van der Waals surface area contributed by atoms with E-state index in [4.69, 9.17) is 0 Å². The highest BCUT2D eigenvalue weighted by atomic mass is 16.2. The van der Waals surface area contributed by atoms with Crippen LogP contribution in [0.4, 0.5) is 5.82 Å². The van der Waals surface area contributed by atoms with Crippen LogP contribution in [0.25, 0.3) is 0 Å². The third-order valence-corrected chi connectivity index (χ3v) is 5.16. The van der Waals surface area contributed by atoms with E-state index in [1.807, 2.05) is 34.1 Å². The first-order valence-electron chi connectivity index (χ1n) is 9.38. The van der Waals surface area contributed by atoms with Gasteiger partial charge < -0.3 is 14.7 Å². The molecule has 27 heavy (non-hydrogen) atoms. The Bertz CT molecular complexity index is 818. The lowest BCUT2D eigenvalue weighted by atomic mass is 10.1. The highest BCUT2D eigenvalue weighted by molar-refractivity contribution is 5.94. The van der Waals surface area contributed by atoms with Gasteiger partial charge in [0.2, 0.25) is 5.91 Å². The minimum absolute atomic E-state index is 0.0448. The minimum atomic E-state index is 0.0448. The van der Waals surface area contributed by atoms with Crippen LogP contribution in [-0.4, -0.2) is 64.3 Å². The van der Waals surface area contributed by atoms with Gasteiger partial charge in [0, 0.05) is 63.6 Å². The van der Waals surface area contributed by atoms with Gasteiger partial charge in [-0.1, -0.05) is 12.1 Å². The molecule has 4 rings (SSSR count). The number of aromatic nitrogens is 2. The van der Waals surface area contributed by atoms with E-state index in [1.165, 1.54) is 0 Å². The number of hydrogen-bond acceptors (Lipinski definition) is 5. The monoisotopic (exact) mass is 365 g/mol. The van der Waals surface area contributed by atoms with Gasteiger partial charge in [0.25, 0.3) is 5.91 Å². The number of hydrogen-bond donors (Lipinski definition) is 0. The maximum absolute atomic E-state index is 12.9. The van der Waals surface area contributed by atoms with E-state index in [0.717, 1.165) is 37.4 Å². The van der Waals surface area contributed by atoms with Crippen molar-refractivity contribution in [2.24, 2.45) is 0 Å². The molecular weight excluding hydrogens is 342 g/mol. The third kappa shape index (κ3) is 3.92. The molecule has 0 saturated carbocycles. The van der Waals surface area contributed by atoms with Crippen molar-refractivity contribution in [1.82, 2.24) is 19.8 Å². The minimum Gasteiger partial charge on any atom is -0.352 e. The topological polar surface area (TPSA) is 69.6 Å². The number of piperazine rings is 1. The second kappa shape index (κ2) is 7.73. The first-order chi connectivity index (χ1) is 13.2. The number of amides is 2. The van der Waals surface area contributed by atoms with Crippen LogP contribution in [0, 0.1) is 0 Å². The zero-order chi connectivity index (χ0) is 18.6. The molecular formula is C20H23N5O2. The molecule has 2 aromatic rings. The number of carbonyl (C=O) groups is 2. The smallest absolute Gasteiger partial charge is 0.253 e. The lowest BCUT2D eigenvalue weighted by Gasteiger charge is -2.35. The second-order valence-corrected chi connectivity index (χ2v) is 6.96. The van der Waals surface area contributed by atoms with E-state index in [0.29, 0.717) is 31.6 Å². The summed E-state index contributed by atoms with van der Waals surface area (Å²) in [5.41, 5.74) is 1.70. The van der Waals surface area contributed by atoms with Gasteiger partial charge in [-0.05, 0) is 24.1 Å². The molecule has 7 nitrogen and oxygen atoms in total. The molecule has 2 fully saturated rings. The first-order valence-corrected chi connectivity index (χ1v) is 9.38. The van der Waals surface area contributed by atoms with Crippen molar-refractivity contribution >= 4 is 17.6 Å². The molecule has 7 heteroatoms. The summed E-state index contributed by atoms with van der Waals surface area (Å²) >= 11 is 0. The fourth-order valence-corrected chi connectivity index (χ4v) is 3.67. The molecule has 1 aromatic carbocycles. The summed E-state index contributed by atoms with van der Waals surface area (Å²) in [6.45, 7) is 4.19. The Morgan fingerprint density at radius 3 is 2.63 bits per heavy atom. The van der Waals surface area contributed by atoms with Crippen LogP contribution in [0.3, 0.4) is 0 Å². The van der Waals surface area contributed by atoms with Gasteiger partial charge in [-0.3, -0.25) is 14.6 Å². The van der Waals surface area contributed by atoms with Crippen molar-refractivity contribution in [2.75, 3.05) is 37.6 Å². The number of benzene rings is 1. The van der Waals surface area contributed by atoms with Crippen LogP contribution in [0.2, 0.25) is 0 Å². The normalized spacial score (nSPS) is 17.5. The number of carbonyl (C=O) groups excluding carboxylic acids is 2. The van der Waals surface area contributed by atoms with Gasteiger partial charge >= 0.3 is 0 Å². The average molecular weight is 365 g/mol. The molecule has 0 unspecified atom stereocenters. The van der Waals surface area contributed by atoms with Gasteiger partial charge in [-0.2, -0.15) is 0 Å². The Morgan fingerprint density at radius 2 is 1.93 bits per heavy atom. The van der Waals surface area contributed by atoms with E-state index in [-0.39, 0.29) is 11.8 Å². The highest BCUT2D eigenvalue weighted by Crippen LogP contribution is 2.17. The van der Waals surface area contributed by atoms with Gasteiger partial charge in [0.05, 0.1) is 6.20 Å². The lowest BCUT2D eigenvalue weighted by molar-refractivity contribution is -0.128. The van der Waals surface area contributed by atoms with Crippen molar-refractivity contribution in [3.05, 3.63) is 54.0 Å². The molecule has 0 bridgehead atoms. The standard InChI is InChI=1S/C20H23N5O2/c26-19-5-2-8-25(19)15-16-3-1-4-17(13-16)20(27)24-11-9-23(10-12-24)18-14-21-6-7-22-18/h1,3-4,6-7,13-14H,2,5,8-12,15H2. The van der Waals surface area contributed by atoms with Crippen LogP contribution in [0.5, 0.6) is 0 Å². The summed E-state index contributed by atoms with van der Waals surface area (Å²) in [7, 11) is 0. The molecule has 0 aliphatic carbocycles. The molecule has 140 valence electrons. The van der Waals surface area contributed by atoms with Crippen molar-refractivity contribution in [3.63, 3.8) is 0 Å². The fraction of sp³-hybridized carbons (Fsp3) is 0.400. The number of anilines is 1. The Labute approximate surface area is 158 Å². The van der Waals surface area contributed by atoms with E-state index < -0.39 is 0 Å². The number of rotatable bonds is 4. The Kier molecular flexibility index (Phi) is 5.00. The molecule has 2 amide bonds. The molecule has 2 aliphatic rings. The zero-order valence-corrected chi connectivity index (χ0v) is 15.3. The molecule has 1 aromatic heterocycles. The Balaban J connectivity index is 1.38. The van der Waals surface area contributed by atoms with Crippen LogP contribution in [0.1, 0.15) is 28.8 Å². The van der Waals surface area contributed by atoms with Crippen LogP contribution >= 0.6 is 0 Å². The summed E-state index contributed by atoms with van der Waals surface area (Å²) in [5.74, 6) is 1.09. The van der Waals surface area contributed by atoms with Crippen molar-refractivity contribution in [3.8, 4) is 0 Å². The van der Waals surface area contributed by atoms with E-state index in [2.05, 4.69) is 14.9 Å². The predicted molar refractivity (Wildman–Crippen MR) is 101 cm³/mol. The predicted octanol–water partition coefficient (Wildman–Crippen LogP) is 1.56. The first kappa shape index (κ1) is 17.5. The maximum Gasteiger partial charge on any atom is 0.253 e. The summed E-state index contributed by atoms with van der Waals surface area (Å²) in [6.07, 6.45) is 6.65. The molecule has 0 N–H and O–H groups in total. The third-order valence-electron chi connectivity index (χ3n) is 5.16. The van der Waals surface area contributed by atoms with Crippen molar-refractivity contribution in [2.45, 2.75) is 19.4 Å². The second-order valence-electron chi connectivity index (χ2n) is 6.96. The molecule has 3 heterocycles. The van der Waals surface area contributed by atoms with Crippen LogP contribution in [-0.2, 0) is 11.3 Å². The van der Waals surface area contributed by atoms with E-state index in [9.17, 15) is 9.59 Å². The van der Waals surface area contributed by atoms with Gasteiger partial charge in [0.15, 0.2) is 0 Å². The average Bonchev–Trinajstić information content (AvgIpc) is 3.13. The fourth-order valence-electron chi connectivity index (χ4n) is 3.67. The zero-order valence-electron chi connectivity index (χ0n) is 15.3. The maximum atomic E-state index is 12.9. The quantitative estimate of drug-likeness (QED) is 0.822. The summed E-state index contributed by atoms with van der Waals surface area (Å²) in [4.78, 5) is 39.0.